The molecule has 1 N–H and O–H groups in total. The van der Waals surface area contributed by atoms with Gasteiger partial charge in [-0.25, -0.2) is 13.1 Å². The van der Waals surface area contributed by atoms with Gasteiger partial charge in [-0.05, 0) is 44.2 Å². The minimum atomic E-state index is -3.92. The average Bonchev–Trinajstić information content (AvgIpc) is 3.12. The molecular weight excluding hydrogens is 450 g/mol. The Morgan fingerprint density at radius 2 is 1.94 bits per heavy atom. The molecule has 8 nitrogen and oxygen atoms in total. The highest BCUT2D eigenvalue weighted by Gasteiger charge is 2.25. The van der Waals surface area contributed by atoms with Gasteiger partial charge in [-0.3, -0.25) is 9.10 Å². The fraction of sp³-hybridized carbons (Fsp3) is 0.227. The molecule has 32 heavy (non-hydrogen) atoms. The maximum Gasteiger partial charge on any atom is 0.264 e. The largest absolute Gasteiger partial charge is 0.307 e. The summed E-state index contributed by atoms with van der Waals surface area (Å²) >= 11 is 6.23. The zero-order valence-electron chi connectivity index (χ0n) is 17.6. The van der Waals surface area contributed by atoms with Gasteiger partial charge < -0.3 is 5.32 Å². The molecule has 3 rings (SSSR count). The maximum atomic E-state index is 13.3. The van der Waals surface area contributed by atoms with Gasteiger partial charge in [0, 0.05) is 12.6 Å². The minimum absolute atomic E-state index is 0.0162. The Labute approximate surface area is 192 Å². The van der Waals surface area contributed by atoms with E-state index in [2.05, 4.69) is 10.4 Å². The van der Waals surface area contributed by atoms with Gasteiger partial charge >= 0.3 is 0 Å². The number of nitriles is 1. The number of carbonyl (C=O) groups is 1. The summed E-state index contributed by atoms with van der Waals surface area (Å²) in [5.74, 6) is -0.181. The summed E-state index contributed by atoms with van der Waals surface area (Å²) in [6.07, 6.45) is 0.227. The highest BCUT2D eigenvalue weighted by Crippen LogP contribution is 2.27. The number of carbonyl (C=O) groups excluding carboxylic acids is 1. The Bertz CT molecular complexity index is 1270. The van der Waals surface area contributed by atoms with E-state index in [0.29, 0.717) is 23.7 Å². The van der Waals surface area contributed by atoms with Crippen molar-refractivity contribution >= 4 is 39.0 Å². The van der Waals surface area contributed by atoms with Gasteiger partial charge in [0.05, 0.1) is 45.9 Å². The normalized spacial score (nSPS) is 11.1. The van der Waals surface area contributed by atoms with E-state index in [4.69, 9.17) is 16.9 Å². The standard InChI is InChI=1S/C22H22ClN5O3S/c1-3-28(17-8-5-4-6-9-17)32(30,31)18-10-11-20(23)19(15-18)22(29)25-21-14-16(2)26-27(21)13-7-12-24/h4-6,8-11,14-15H,3,7,13H2,1-2H3,(H,25,29). The van der Waals surface area contributed by atoms with Crippen molar-refractivity contribution in [2.45, 2.75) is 31.7 Å². The summed E-state index contributed by atoms with van der Waals surface area (Å²) in [5, 5.41) is 15.9. The lowest BCUT2D eigenvalue weighted by Gasteiger charge is -2.23. The van der Waals surface area contributed by atoms with E-state index in [1.165, 1.54) is 27.2 Å². The Hall–Kier alpha value is -3.35. The van der Waals surface area contributed by atoms with Crippen LogP contribution < -0.4 is 9.62 Å². The molecule has 166 valence electrons. The van der Waals surface area contributed by atoms with Crippen LogP contribution in [0, 0.1) is 18.3 Å². The first-order chi connectivity index (χ1) is 15.3. The number of hydrogen-bond acceptors (Lipinski definition) is 5. The van der Waals surface area contributed by atoms with Crippen LogP contribution in [-0.4, -0.2) is 30.7 Å². The molecule has 0 radical (unpaired) electrons. The Kier molecular flexibility index (Phi) is 7.18. The van der Waals surface area contributed by atoms with Gasteiger partial charge in [-0.15, -0.1) is 0 Å². The molecule has 1 heterocycles. The number of sulfonamides is 1. The number of nitrogens with one attached hydrogen (secondary N) is 1. The van der Waals surface area contributed by atoms with Gasteiger partial charge in [0.25, 0.3) is 15.9 Å². The number of hydrogen-bond donors (Lipinski definition) is 1. The smallest absolute Gasteiger partial charge is 0.264 e. The number of aromatic nitrogens is 2. The van der Waals surface area contributed by atoms with E-state index in [9.17, 15) is 13.2 Å². The van der Waals surface area contributed by atoms with Crippen LogP contribution in [0.1, 0.15) is 29.4 Å². The van der Waals surface area contributed by atoms with Crippen molar-refractivity contribution in [2.24, 2.45) is 0 Å². The molecule has 0 atom stereocenters. The highest BCUT2D eigenvalue weighted by molar-refractivity contribution is 7.92. The first-order valence-corrected chi connectivity index (χ1v) is 11.7. The van der Waals surface area contributed by atoms with Crippen molar-refractivity contribution in [3.8, 4) is 6.07 Å². The van der Waals surface area contributed by atoms with Crippen LogP contribution in [0.2, 0.25) is 5.02 Å². The summed E-state index contributed by atoms with van der Waals surface area (Å²) < 4.78 is 29.4. The Balaban J connectivity index is 1.94. The predicted molar refractivity (Wildman–Crippen MR) is 123 cm³/mol. The van der Waals surface area contributed by atoms with Crippen LogP contribution in [0.4, 0.5) is 11.5 Å². The SMILES string of the molecule is CCN(c1ccccc1)S(=O)(=O)c1ccc(Cl)c(C(=O)Nc2cc(C)nn2CCC#N)c1. The first kappa shape index (κ1) is 23.3. The number of amides is 1. The third-order valence-corrected chi connectivity index (χ3v) is 6.91. The molecule has 0 aliphatic carbocycles. The molecule has 10 heteroatoms. The summed E-state index contributed by atoms with van der Waals surface area (Å²) in [6, 6.07) is 16.5. The van der Waals surface area contributed by atoms with Crippen LogP contribution in [0.15, 0.2) is 59.5 Å². The first-order valence-electron chi connectivity index (χ1n) is 9.88. The topological polar surface area (TPSA) is 108 Å². The molecule has 0 saturated heterocycles. The maximum absolute atomic E-state index is 13.3. The van der Waals surface area contributed by atoms with Gasteiger partial charge in [0.1, 0.15) is 5.82 Å². The van der Waals surface area contributed by atoms with Crippen LogP contribution >= 0.6 is 11.6 Å². The van der Waals surface area contributed by atoms with Gasteiger partial charge in [0.2, 0.25) is 0 Å². The van der Waals surface area contributed by atoms with Crippen molar-refractivity contribution in [1.82, 2.24) is 9.78 Å². The number of rotatable bonds is 8. The molecule has 1 aromatic heterocycles. The fourth-order valence-corrected chi connectivity index (χ4v) is 4.91. The molecule has 0 aliphatic rings. The highest BCUT2D eigenvalue weighted by atomic mass is 35.5. The summed E-state index contributed by atoms with van der Waals surface area (Å²) in [6.45, 7) is 4.03. The number of para-hydroxylation sites is 1. The summed E-state index contributed by atoms with van der Waals surface area (Å²) in [7, 11) is -3.92. The van der Waals surface area contributed by atoms with Crippen molar-refractivity contribution in [3.05, 3.63) is 70.9 Å². The molecule has 0 saturated carbocycles. The van der Waals surface area contributed by atoms with E-state index in [1.54, 1.807) is 50.2 Å². The van der Waals surface area contributed by atoms with Crippen LogP contribution in [0.5, 0.6) is 0 Å². The number of nitrogens with zero attached hydrogens (tertiary/aromatic N) is 4. The summed E-state index contributed by atoms with van der Waals surface area (Å²) in [4.78, 5) is 12.9. The van der Waals surface area contributed by atoms with Crippen molar-refractivity contribution in [1.29, 1.82) is 5.26 Å². The fourth-order valence-electron chi connectivity index (χ4n) is 3.21. The molecule has 1 amide bonds. The summed E-state index contributed by atoms with van der Waals surface area (Å²) in [5.41, 5.74) is 1.21. The average molecular weight is 472 g/mol. The number of anilines is 2. The van der Waals surface area contributed by atoms with Gasteiger partial charge in [-0.2, -0.15) is 10.4 Å². The second-order valence-corrected chi connectivity index (χ2v) is 9.17. The number of halogens is 1. The van der Waals surface area contributed by atoms with Crippen molar-refractivity contribution in [2.75, 3.05) is 16.2 Å². The lowest BCUT2D eigenvalue weighted by molar-refractivity contribution is 0.102. The second kappa shape index (κ2) is 9.85. The minimum Gasteiger partial charge on any atom is -0.307 e. The second-order valence-electron chi connectivity index (χ2n) is 6.90. The number of aryl methyl sites for hydroxylation is 2. The third kappa shape index (κ3) is 4.93. The molecule has 2 aromatic carbocycles. The zero-order valence-corrected chi connectivity index (χ0v) is 19.2. The van der Waals surface area contributed by atoms with Crippen LogP contribution in [0.3, 0.4) is 0 Å². The lowest BCUT2D eigenvalue weighted by atomic mass is 10.2. The molecule has 0 fully saturated rings. The van der Waals surface area contributed by atoms with E-state index < -0.39 is 15.9 Å². The van der Waals surface area contributed by atoms with Crippen molar-refractivity contribution < 1.29 is 13.2 Å². The Morgan fingerprint density at radius 3 is 2.59 bits per heavy atom. The molecule has 3 aromatic rings. The van der Waals surface area contributed by atoms with E-state index in [-0.39, 0.29) is 28.4 Å². The Morgan fingerprint density at radius 1 is 1.22 bits per heavy atom. The van der Waals surface area contributed by atoms with Gasteiger partial charge in [-0.1, -0.05) is 29.8 Å². The molecular formula is C22H22ClN5O3S. The van der Waals surface area contributed by atoms with E-state index >= 15 is 0 Å². The lowest BCUT2D eigenvalue weighted by Crippen LogP contribution is -2.31. The van der Waals surface area contributed by atoms with Gasteiger partial charge in [0.15, 0.2) is 0 Å². The molecule has 0 unspecified atom stereocenters. The molecule has 0 aliphatic heterocycles. The van der Waals surface area contributed by atoms with Crippen LogP contribution in [0.25, 0.3) is 0 Å². The van der Waals surface area contributed by atoms with Crippen molar-refractivity contribution in [3.63, 3.8) is 0 Å². The molecule has 0 spiro atoms. The van der Waals surface area contributed by atoms with Crippen LogP contribution in [-0.2, 0) is 16.6 Å². The monoisotopic (exact) mass is 471 g/mol. The molecule has 0 bridgehead atoms. The third-order valence-electron chi connectivity index (χ3n) is 4.68. The van der Waals surface area contributed by atoms with E-state index in [1.807, 2.05) is 6.07 Å². The quantitative estimate of drug-likeness (QED) is 0.529. The predicted octanol–water partition coefficient (Wildman–Crippen LogP) is 4.23. The van der Waals surface area contributed by atoms with E-state index in [0.717, 1.165) is 0 Å². The number of benzene rings is 2. The zero-order chi connectivity index (χ0) is 23.3.